The molecule has 0 aliphatic carbocycles. The molecule has 12 N–H and O–H groups in total. The molecule has 0 radical (unpaired) electrons. The second-order valence-corrected chi connectivity index (χ2v) is 6.60. The van der Waals surface area contributed by atoms with Crippen LogP contribution in [0, 0.1) is 0 Å². The Morgan fingerprint density at radius 1 is 0.355 bits per heavy atom. The second-order valence-electron chi connectivity index (χ2n) is 4.97. The van der Waals surface area contributed by atoms with Crippen LogP contribution in [0.25, 0.3) is 0 Å². The van der Waals surface area contributed by atoms with Crippen molar-refractivity contribution in [1.82, 2.24) is 21.3 Å². The molecule has 0 amide bonds. The Morgan fingerprint density at radius 2 is 0.516 bits per heavy atom. The van der Waals surface area contributed by atoms with Crippen molar-refractivity contribution in [2.45, 2.75) is 0 Å². The van der Waals surface area contributed by atoms with E-state index < -0.39 is 0 Å². The minimum Gasteiger partial charge on any atom is -0.791 e. The Balaban J connectivity index is -0.0000000480. The predicted molar refractivity (Wildman–Crippen MR) is 137 cm³/mol. The minimum atomic E-state index is 0. The third-order valence-electron chi connectivity index (χ3n) is 2.40. The molecule has 0 fully saturated rings. The van der Waals surface area contributed by atoms with Crippen LogP contribution < -0.4 is 44.2 Å². The number of hydrogen-bond donors (Lipinski definition) is 8. The Hall–Kier alpha value is 2.95. The fraction of sp³-hybridized carbons (Fsp3) is 1.00. The van der Waals surface area contributed by atoms with Crippen molar-refractivity contribution in [3.05, 3.63) is 0 Å². The molecule has 0 unspecified atom stereocenters. The van der Waals surface area contributed by atoms with E-state index in [0.717, 1.165) is 75.4 Å². The van der Waals surface area contributed by atoms with E-state index in [1.807, 2.05) is 0 Å². The maximum Gasteiger partial charge on any atom is 0.00737 e. The van der Waals surface area contributed by atoms with E-state index in [1.54, 1.807) is 0 Å². The minimum absolute atomic E-state index is 0. The maximum absolute atomic E-state index is 5.17. The number of rotatable bonds is 16. The van der Waals surface area contributed by atoms with Crippen LogP contribution in [-0.4, -0.2) is 102 Å². The molecule has 0 aliphatic rings. The summed E-state index contributed by atoms with van der Waals surface area (Å²) in [4.78, 5) is 0. The van der Waals surface area contributed by atoms with Gasteiger partial charge in [-0.15, -0.1) is 0 Å². The van der Waals surface area contributed by atoms with Crippen LogP contribution in [0.2, 0.25) is 0 Å². The second kappa shape index (κ2) is 63.9. The largest absolute Gasteiger partial charge is 0.791 e. The van der Waals surface area contributed by atoms with Gasteiger partial charge in [0.25, 0.3) is 0 Å². The molecule has 0 bridgehead atoms. The SMILES string of the molecule is NCCNCC[S-].NCCNCC[S-].NCCNCC[S-].NCCNCC[S-].[Zn].[Zn].[Zn]. The van der Waals surface area contributed by atoms with Gasteiger partial charge in [-0.1, -0.05) is 0 Å². The first-order valence-electron chi connectivity index (χ1n) is 9.62. The molecular weight excluding hydrogens is 629 g/mol. The van der Waals surface area contributed by atoms with Crippen LogP contribution in [0.4, 0.5) is 0 Å². The molecular formula is C16H44N8S4Zn3-4. The molecule has 0 rings (SSSR count). The molecule has 8 nitrogen and oxygen atoms in total. The van der Waals surface area contributed by atoms with Crippen LogP contribution >= 0.6 is 0 Å². The first kappa shape index (κ1) is 50.7. The normalized spacial score (nSPS) is 8.52. The molecule has 0 aromatic carbocycles. The summed E-state index contributed by atoms with van der Waals surface area (Å²) in [7, 11) is 0. The van der Waals surface area contributed by atoms with Crippen molar-refractivity contribution in [3.63, 3.8) is 0 Å². The first-order chi connectivity index (χ1) is 13.7. The van der Waals surface area contributed by atoms with Gasteiger partial charge in [0, 0.05) is 111 Å². The van der Waals surface area contributed by atoms with Gasteiger partial charge < -0.3 is 94.7 Å². The van der Waals surface area contributed by atoms with Crippen molar-refractivity contribution in [3.8, 4) is 0 Å². The molecule has 0 saturated carbocycles. The molecule has 182 valence electrons. The van der Waals surface area contributed by atoms with Gasteiger partial charge in [0.15, 0.2) is 0 Å². The van der Waals surface area contributed by atoms with Crippen LogP contribution in [0.15, 0.2) is 0 Å². The Kier molecular flexibility index (Phi) is 105. The molecule has 0 atom stereocenters. The molecule has 0 heterocycles. The van der Waals surface area contributed by atoms with Gasteiger partial charge in [-0.3, -0.25) is 0 Å². The molecule has 15 heteroatoms. The Morgan fingerprint density at radius 3 is 0.613 bits per heavy atom. The van der Waals surface area contributed by atoms with Crippen LogP contribution in [-0.2, 0) is 109 Å². The summed E-state index contributed by atoms with van der Waals surface area (Å²) in [5, 5.41) is 12.2. The molecule has 0 aromatic rings. The maximum atomic E-state index is 5.17. The van der Waals surface area contributed by atoms with Crippen molar-refractivity contribution in [2.24, 2.45) is 22.9 Å². The molecule has 31 heavy (non-hydrogen) atoms. The van der Waals surface area contributed by atoms with E-state index in [-0.39, 0.29) is 58.4 Å². The van der Waals surface area contributed by atoms with Crippen molar-refractivity contribution >= 4 is 50.5 Å². The van der Waals surface area contributed by atoms with Gasteiger partial charge >= 0.3 is 0 Å². The van der Waals surface area contributed by atoms with Gasteiger partial charge in [0.05, 0.1) is 0 Å². The van der Waals surface area contributed by atoms with Gasteiger partial charge in [-0.25, -0.2) is 0 Å². The fourth-order valence-corrected chi connectivity index (χ4v) is 1.77. The average molecular weight is 673 g/mol. The first-order valence-corrected chi connectivity index (χ1v) is 11.9. The van der Waals surface area contributed by atoms with Gasteiger partial charge in [-0.05, 0) is 26.2 Å². The summed E-state index contributed by atoms with van der Waals surface area (Å²) in [6.07, 6.45) is 0. The topological polar surface area (TPSA) is 152 Å². The van der Waals surface area contributed by atoms with Gasteiger partial charge in [0.2, 0.25) is 0 Å². The van der Waals surface area contributed by atoms with E-state index in [9.17, 15) is 0 Å². The smallest absolute Gasteiger partial charge is 0.00737 e. The van der Waals surface area contributed by atoms with E-state index >= 15 is 0 Å². The van der Waals surface area contributed by atoms with Crippen LogP contribution in [0.3, 0.4) is 0 Å². The van der Waals surface area contributed by atoms with Crippen molar-refractivity contribution in [2.75, 3.05) is 102 Å². The zero-order valence-electron chi connectivity index (χ0n) is 19.4. The summed E-state index contributed by atoms with van der Waals surface area (Å²) < 4.78 is 0. The summed E-state index contributed by atoms with van der Waals surface area (Å²) in [6.45, 7) is 9.99. The zero-order valence-corrected chi connectivity index (χ0v) is 31.5. The number of hydrogen-bond acceptors (Lipinski definition) is 12. The van der Waals surface area contributed by atoms with Crippen LogP contribution in [0.5, 0.6) is 0 Å². The van der Waals surface area contributed by atoms with Crippen molar-refractivity contribution < 1.29 is 58.4 Å². The van der Waals surface area contributed by atoms with E-state index in [4.69, 9.17) is 22.9 Å². The van der Waals surface area contributed by atoms with E-state index in [1.165, 1.54) is 0 Å². The molecule has 0 aromatic heterocycles. The summed E-state index contributed by atoms with van der Waals surface area (Å²) in [6, 6.07) is 0. The van der Waals surface area contributed by atoms with Gasteiger partial charge in [0.1, 0.15) is 0 Å². The summed E-state index contributed by atoms with van der Waals surface area (Å²) in [5.74, 6) is 3.11. The molecule has 0 saturated heterocycles. The fourth-order valence-electron chi connectivity index (χ4n) is 1.20. The van der Waals surface area contributed by atoms with Crippen LogP contribution in [0.1, 0.15) is 0 Å². The average Bonchev–Trinajstić information content (AvgIpc) is 2.71. The van der Waals surface area contributed by atoms with E-state index in [2.05, 4.69) is 71.8 Å². The standard InChI is InChI=1S/4C4H12N2S.3Zn/c4*5-1-2-6-3-4-7;;;/h4*6-7H,1-5H2;;;/p-4. The van der Waals surface area contributed by atoms with Gasteiger partial charge in [-0.2, -0.15) is 23.0 Å². The number of nitrogens with one attached hydrogen (secondary N) is 4. The molecule has 0 spiro atoms. The summed E-state index contributed by atoms with van der Waals surface area (Å²) in [5.41, 5.74) is 20.7. The number of nitrogens with two attached hydrogens (primary N) is 4. The predicted octanol–water partition coefficient (Wildman–Crippen LogP) is -3.68. The Labute approximate surface area is 252 Å². The third-order valence-corrected chi connectivity index (χ3v) is 3.22. The molecule has 0 aliphatic heterocycles. The third kappa shape index (κ3) is 87.9. The van der Waals surface area contributed by atoms with Crippen molar-refractivity contribution in [1.29, 1.82) is 0 Å². The quantitative estimate of drug-likeness (QED) is 0.0464. The zero-order chi connectivity index (χ0) is 22.1. The summed E-state index contributed by atoms with van der Waals surface area (Å²) >= 11 is 18.6. The van der Waals surface area contributed by atoms with E-state index in [0.29, 0.717) is 26.2 Å². The Bertz CT molecular complexity index is 170. The monoisotopic (exact) mass is 668 g/mol.